The Bertz CT molecular complexity index is 1150. The molecule has 2 aromatic heterocycles. The molecule has 0 aliphatic heterocycles. The maximum atomic E-state index is 9.49. The predicted molar refractivity (Wildman–Crippen MR) is 115 cm³/mol. The van der Waals surface area contributed by atoms with E-state index in [1.807, 2.05) is 45.6 Å². The molecule has 1 aliphatic carbocycles. The average molecular weight is 426 g/mol. The first-order valence-electron chi connectivity index (χ1n) is 9.63. The molecule has 1 fully saturated rings. The molecule has 0 unspecified atom stereocenters. The number of halogens is 1. The number of nitrogens with zero attached hydrogens (tertiary/aromatic N) is 5. The van der Waals surface area contributed by atoms with E-state index in [0.29, 0.717) is 23.2 Å². The molecule has 2 aromatic carbocycles. The Kier molecular flexibility index (Phi) is 5.03. The normalized spacial score (nSPS) is 14.0. The fraction of sp³-hybridized carbons (Fsp3) is 0.286. The maximum absolute atomic E-state index is 9.49. The Hall–Kier alpha value is -2.35. The van der Waals surface area contributed by atoms with Crippen LogP contribution in [0.25, 0.3) is 16.7 Å². The number of aliphatic hydroxyl groups excluding tert-OH is 1. The molecule has 29 heavy (non-hydrogen) atoms. The Labute approximate surface area is 177 Å². The van der Waals surface area contributed by atoms with Crippen LogP contribution in [0.3, 0.4) is 0 Å². The SMILES string of the molecule is OCCn1c(CSc2nc(C3CC3)n(-c3ccccc3)n2)nc2ccc(Cl)cc21. The predicted octanol–water partition coefficient (Wildman–Crippen LogP) is 4.43. The van der Waals surface area contributed by atoms with Crippen LogP contribution < -0.4 is 0 Å². The number of aliphatic hydroxyl groups is 1. The largest absolute Gasteiger partial charge is 0.395 e. The van der Waals surface area contributed by atoms with Crippen LogP contribution in [0.4, 0.5) is 0 Å². The van der Waals surface area contributed by atoms with Crippen LogP contribution in [0.5, 0.6) is 0 Å². The molecule has 6 nitrogen and oxygen atoms in total. The lowest BCUT2D eigenvalue weighted by Gasteiger charge is -2.06. The number of thioether (sulfide) groups is 1. The second kappa shape index (κ2) is 7.82. The molecular formula is C21H20ClN5OS. The molecular weight excluding hydrogens is 406 g/mol. The summed E-state index contributed by atoms with van der Waals surface area (Å²) in [5.41, 5.74) is 2.85. The van der Waals surface area contributed by atoms with Crippen molar-refractivity contribution in [2.24, 2.45) is 0 Å². The summed E-state index contributed by atoms with van der Waals surface area (Å²) in [4.78, 5) is 9.55. The summed E-state index contributed by atoms with van der Waals surface area (Å²) < 4.78 is 3.99. The lowest BCUT2D eigenvalue weighted by atomic mass is 10.3. The average Bonchev–Trinajstić information content (AvgIpc) is 3.41. The van der Waals surface area contributed by atoms with Crippen molar-refractivity contribution in [1.82, 2.24) is 24.3 Å². The van der Waals surface area contributed by atoms with Crippen LogP contribution in [0.15, 0.2) is 53.7 Å². The molecule has 1 N–H and O–H groups in total. The topological polar surface area (TPSA) is 68.8 Å². The highest BCUT2D eigenvalue weighted by Gasteiger charge is 2.30. The van der Waals surface area contributed by atoms with E-state index >= 15 is 0 Å². The molecule has 8 heteroatoms. The highest BCUT2D eigenvalue weighted by molar-refractivity contribution is 7.98. The van der Waals surface area contributed by atoms with Gasteiger partial charge in [-0.1, -0.05) is 41.6 Å². The van der Waals surface area contributed by atoms with Gasteiger partial charge >= 0.3 is 0 Å². The summed E-state index contributed by atoms with van der Waals surface area (Å²) in [7, 11) is 0. The Morgan fingerprint density at radius 1 is 1.10 bits per heavy atom. The lowest BCUT2D eigenvalue weighted by molar-refractivity contribution is 0.276. The van der Waals surface area contributed by atoms with Gasteiger partial charge in [0.2, 0.25) is 5.16 Å². The summed E-state index contributed by atoms with van der Waals surface area (Å²) in [6, 6.07) is 15.8. The van der Waals surface area contributed by atoms with Crippen molar-refractivity contribution in [3.63, 3.8) is 0 Å². The van der Waals surface area contributed by atoms with Gasteiger partial charge in [0.1, 0.15) is 11.6 Å². The highest BCUT2D eigenvalue weighted by atomic mass is 35.5. The zero-order chi connectivity index (χ0) is 19.8. The number of imidazole rings is 1. The van der Waals surface area contributed by atoms with Gasteiger partial charge in [0, 0.05) is 17.5 Å². The van der Waals surface area contributed by atoms with E-state index in [1.165, 1.54) is 12.8 Å². The zero-order valence-electron chi connectivity index (χ0n) is 15.7. The molecule has 148 valence electrons. The summed E-state index contributed by atoms with van der Waals surface area (Å²) >= 11 is 7.72. The van der Waals surface area contributed by atoms with Crippen LogP contribution >= 0.6 is 23.4 Å². The van der Waals surface area contributed by atoms with Gasteiger partial charge in [-0.2, -0.15) is 0 Å². The number of para-hydroxylation sites is 1. The smallest absolute Gasteiger partial charge is 0.209 e. The first-order valence-corrected chi connectivity index (χ1v) is 11.0. The van der Waals surface area contributed by atoms with Crippen LogP contribution in [0.1, 0.15) is 30.4 Å². The van der Waals surface area contributed by atoms with Gasteiger partial charge in [0.15, 0.2) is 0 Å². The van der Waals surface area contributed by atoms with E-state index in [-0.39, 0.29) is 6.61 Å². The Morgan fingerprint density at radius 3 is 2.69 bits per heavy atom. The highest BCUT2D eigenvalue weighted by Crippen LogP contribution is 2.40. The van der Waals surface area contributed by atoms with Gasteiger partial charge in [-0.15, -0.1) is 5.10 Å². The van der Waals surface area contributed by atoms with E-state index in [0.717, 1.165) is 33.5 Å². The molecule has 2 heterocycles. The van der Waals surface area contributed by atoms with Gasteiger partial charge in [0.05, 0.1) is 29.1 Å². The number of hydrogen-bond donors (Lipinski definition) is 1. The molecule has 0 saturated heterocycles. The van der Waals surface area contributed by atoms with Gasteiger partial charge < -0.3 is 9.67 Å². The minimum absolute atomic E-state index is 0.0440. The first kappa shape index (κ1) is 18.7. The lowest BCUT2D eigenvalue weighted by Crippen LogP contribution is -2.06. The summed E-state index contributed by atoms with van der Waals surface area (Å²) in [6.45, 7) is 0.522. The Balaban J connectivity index is 1.44. The Morgan fingerprint density at radius 2 is 1.93 bits per heavy atom. The van der Waals surface area contributed by atoms with Gasteiger partial charge in [0.25, 0.3) is 0 Å². The van der Waals surface area contributed by atoms with Crippen LogP contribution in [-0.4, -0.2) is 36.0 Å². The third-order valence-corrected chi connectivity index (χ3v) is 6.07. The standard InChI is InChI=1S/C21H20ClN5OS/c22-15-8-9-17-18(12-15)26(10-11-28)19(23-17)13-29-21-24-20(14-6-7-14)27(25-21)16-4-2-1-3-5-16/h1-5,8-9,12,14,28H,6-7,10-11,13H2. The summed E-state index contributed by atoms with van der Waals surface area (Å²) in [5, 5.41) is 15.7. The van der Waals surface area contributed by atoms with Crippen molar-refractivity contribution in [2.45, 2.75) is 36.2 Å². The van der Waals surface area contributed by atoms with Crippen molar-refractivity contribution in [2.75, 3.05) is 6.61 Å². The van der Waals surface area contributed by atoms with E-state index in [2.05, 4.69) is 12.1 Å². The maximum Gasteiger partial charge on any atom is 0.209 e. The van der Waals surface area contributed by atoms with Crippen LogP contribution in [0.2, 0.25) is 5.02 Å². The van der Waals surface area contributed by atoms with Crippen molar-refractivity contribution in [1.29, 1.82) is 0 Å². The molecule has 4 aromatic rings. The van der Waals surface area contributed by atoms with E-state index < -0.39 is 0 Å². The van der Waals surface area contributed by atoms with E-state index in [1.54, 1.807) is 11.8 Å². The molecule has 0 atom stereocenters. The fourth-order valence-electron chi connectivity index (χ4n) is 3.47. The van der Waals surface area contributed by atoms with E-state index in [9.17, 15) is 5.11 Å². The van der Waals surface area contributed by atoms with Gasteiger partial charge in [-0.3, -0.25) is 0 Å². The van der Waals surface area contributed by atoms with E-state index in [4.69, 9.17) is 26.7 Å². The molecule has 0 radical (unpaired) electrons. The van der Waals surface area contributed by atoms with Crippen molar-refractivity contribution in [3.8, 4) is 5.69 Å². The molecule has 5 rings (SSSR count). The molecule has 1 aliphatic rings. The minimum Gasteiger partial charge on any atom is -0.395 e. The van der Waals surface area contributed by atoms with Gasteiger partial charge in [-0.05, 0) is 43.2 Å². The van der Waals surface area contributed by atoms with Crippen LogP contribution in [-0.2, 0) is 12.3 Å². The van der Waals surface area contributed by atoms with Crippen molar-refractivity contribution >= 4 is 34.4 Å². The second-order valence-corrected chi connectivity index (χ2v) is 8.48. The zero-order valence-corrected chi connectivity index (χ0v) is 17.3. The van der Waals surface area contributed by atoms with Crippen LogP contribution in [0, 0.1) is 0 Å². The molecule has 0 bridgehead atoms. The monoisotopic (exact) mass is 425 g/mol. The third-order valence-electron chi connectivity index (χ3n) is 5.00. The summed E-state index contributed by atoms with van der Waals surface area (Å²) in [6.07, 6.45) is 2.34. The third kappa shape index (κ3) is 3.77. The molecule has 1 saturated carbocycles. The minimum atomic E-state index is 0.0440. The number of benzene rings is 2. The number of aromatic nitrogens is 5. The molecule has 0 spiro atoms. The fourth-order valence-corrected chi connectivity index (χ4v) is 4.41. The number of fused-ring (bicyclic) bond motifs is 1. The first-order chi connectivity index (χ1) is 14.2. The van der Waals surface area contributed by atoms with Gasteiger partial charge in [-0.25, -0.2) is 14.6 Å². The second-order valence-electron chi connectivity index (χ2n) is 7.10. The molecule has 0 amide bonds. The number of rotatable bonds is 7. The summed E-state index contributed by atoms with van der Waals surface area (Å²) in [5.74, 6) is 3.03. The van der Waals surface area contributed by atoms with Crippen molar-refractivity contribution in [3.05, 3.63) is 65.2 Å². The quantitative estimate of drug-likeness (QED) is 0.443. The number of hydrogen-bond acceptors (Lipinski definition) is 5. The van der Waals surface area contributed by atoms with Crippen molar-refractivity contribution < 1.29 is 5.11 Å².